The number of aryl methyl sites for hydroxylation is 1. The van der Waals surface area contributed by atoms with Crippen molar-refractivity contribution in [3.8, 4) is 17.2 Å². The molecule has 3 aromatic carbocycles. The lowest BCUT2D eigenvalue weighted by Crippen LogP contribution is -2.38. The van der Waals surface area contributed by atoms with Crippen molar-refractivity contribution in [3.05, 3.63) is 108 Å². The summed E-state index contributed by atoms with van der Waals surface area (Å²) in [6.45, 7) is 10.1. The van der Waals surface area contributed by atoms with Crippen molar-refractivity contribution in [2.75, 3.05) is 46.0 Å². The summed E-state index contributed by atoms with van der Waals surface area (Å²) in [5, 5.41) is 11.6. The third-order valence-electron chi connectivity index (χ3n) is 7.47. The van der Waals surface area contributed by atoms with Crippen molar-refractivity contribution in [2.45, 2.75) is 19.4 Å². The van der Waals surface area contributed by atoms with Gasteiger partial charge in [0.05, 0.1) is 24.8 Å². The molecule has 226 valence electrons. The fourth-order valence-electron chi connectivity index (χ4n) is 5.38. The number of para-hydroxylation sites is 1. The number of amides is 1. The van der Waals surface area contributed by atoms with E-state index in [9.17, 15) is 14.7 Å². The highest BCUT2D eigenvalue weighted by molar-refractivity contribution is 6.46. The van der Waals surface area contributed by atoms with Crippen molar-refractivity contribution in [2.24, 2.45) is 0 Å². The number of benzene rings is 3. The van der Waals surface area contributed by atoms with Gasteiger partial charge < -0.3 is 24.2 Å². The summed E-state index contributed by atoms with van der Waals surface area (Å²) in [4.78, 5) is 30.9. The van der Waals surface area contributed by atoms with Gasteiger partial charge in [-0.25, -0.2) is 0 Å². The molecule has 0 aliphatic carbocycles. The predicted octanol–water partition coefficient (Wildman–Crippen LogP) is 5.92. The highest BCUT2D eigenvalue weighted by Gasteiger charge is 2.46. The minimum Gasteiger partial charge on any atom is -0.507 e. The van der Waals surface area contributed by atoms with Gasteiger partial charge in [0, 0.05) is 31.7 Å². The van der Waals surface area contributed by atoms with Gasteiger partial charge in [0.15, 0.2) is 0 Å². The molecule has 1 unspecified atom stereocenters. The van der Waals surface area contributed by atoms with Crippen molar-refractivity contribution >= 4 is 29.9 Å². The minimum absolute atomic E-state index is 0. The lowest BCUT2D eigenvalue weighted by Gasteiger charge is -2.29. The number of halogens is 1. The average molecular weight is 605 g/mol. The molecule has 43 heavy (non-hydrogen) atoms. The number of ether oxygens (including phenoxy) is 3. The van der Waals surface area contributed by atoms with Crippen LogP contribution in [0, 0.1) is 6.92 Å². The zero-order valence-corrected chi connectivity index (χ0v) is 25.1. The van der Waals surface area contributed by atoms with Crippen molar-refractivity contribution < 1.29 is 28.9 Å². The number of hydrogen-bond acceptors (Lipinski definition) is 7. The van der Waals surface area contributed by atoms with Gasteiger partial charge in [-0.3, -0.25) is 14.5 Å². The normalized spacial score (nSPS) is 18.3. The van der Waals surface area contributed by atoms with E-state index in [1.54, 1.807) is 29.2 Å². The van der Waals surface area contributed by atoms with Crippen LogP contribution in [0.2, 0.25) is 0 Å². The maximum Gasteiger partial charge on any atom is 0.295 e. The van der Waals surface area contributed by atoms with Gasteiger partial charge in [-0.2, -0.15) is 0 Å². The second-order valence-electron chi connectivity index (χ2n) is 10.4. The van der Waals surface area contributed by atoms with Crippen LogP contribution in [0.1, 0.15) is 29.2 Å². The Morgan fingerprint density at radius 2 is 1.74 bits per heavy atom. The number of carbonyl (C=O) groups excluding carboxylic acids is 2. The molecule has 2 fully saturated rings. The van der Waals surface area contributed by atoms with E-state index in [1.165, 1.54) is 0 Å². The largest absolute Gasteiger partial charge is 0.507 e. The number of hydrogen-bond donors (Lipinski definition) is 1. The quantitative estimate of drug-likeness (QED) is 0.126. The van der Waals surface area contributed by atoms with Gasteiger partial charge in [-0.1, -0.05) is 43.0 Å². The predicted molar refractivity (Wildman–Crippen MR) is 168 cm³/mol. The first-order valence-electron chi connectivity index (χ1n) is 14.2. The summed E-state index contributed by atoms with van der Waals surface area (Å²) < 4.78 is 17.2. The highest BCUT2D eigenvalue weighted by Crippen LogP contribution is 2.41. The van der Waals surface area contributed by atoms with Crippen molar-refractivity contribution in [1.29, 1.82) is 0 Å². The molecule has 3 aromatic rings. The monoisotopic (exact) mass is 604 g/mol. The molecule has 0 spiro atoms. The Balaban J connectivity index is 0.00000423. The van der Waals surface area contributed by atoms with Crippen LogP contribution in [0.5, 0.6) is 17.2 Å². The van der Waals surface area contributed by atoms with E-state index in [2.05, 4.69) is 11.5 Å². The van der Waals surface area contributed by atoms with Crippen LogP contribution >= 0.6 is 12.4 Å². The topological polar surface area (TPSA) is 88.5 Å². The third kappa shape index (κ3) is 7.46. The molecule has 2 aliphatic rings. The number of morpholine rings is 1. The Morgan fingerprint density at radius 3 is 2.47 bits per heavy atom. The van der Waals surface area contributed by atoms with E-state index in [4.69, 9.17) is 14.2 Å². The number of rotatable bonds is 11. The molecule has 5 rings (SSSR count). The summed E-state index contributed by atoms with van der Waals surface area (Å²) in [5.41, 5.74) is 1.96. The minimum atomic E-state index is -0.772. The van der Waals surface area contributed by atoms with E-state index in [-0.39, 0.29) is 23.7 Å². The van der Waals surface area contributed by atoms with Crippen LogP contribution in [0.4, 0.5) is 0 Å². The van der Waals surface area contributed by atoms with E-state index < -0.39 is 17.7 Å². The number of Topliss-reactive ketones (excluding diaryl/α,β-unsaturated/α-hetero) is 1. The third-order valence-corrected chi connectivity index (χ3v) is 7.47. The van der Waals surface area contributed by atoms with Crippen LogP contribution in [0.25, 0.3) is 5.76 Å². The van der Waals surface area contributed by atoms with Crippen LogP contribution in [0.3, 0.4) is 0 Å². The lowest BCUT2D eigenvalue weighted by molar-refractivity contribution is -0.140. The molecule has 1 atom stereocenters. The molecule has 2 heterocycles. The number of ketones is 1. The first kappa shape index (κ1) is 31.8. The first-order chi connectivity index (χ1) is 20.5. The van der Waals surface area contributed by atoms with Gasteiger partial charge >= 0.3 is 0 Å². The van der Waals surface area contributed by atoms with Crippen LogP contribution in [-0.2, 0) is 14.3 Å². The maximum atomic E-state index is 13.5. The maximum absolute atomic E-state index is 13.5. The number of carbonyl (C=O) groups is 2. The molecule has 8 nitrogen and oxygen atoms in total. The molecule has 0 aromatic heterocycles. The zero-order chi connectivity index (χ0) is 29.5. The molecule has 0 bridgehead atoms. The Kier molecular flexibility index (Phi) is 11.0. The highest BCUT2D eigenvalue weighted by atomic mass is 35.5. The number of likely N-dealkylation sites (tertiary alicyclic amines) is 1. The fraction of sp³-hybridized carbons (Fsp3) is 0.294. The summed E-state index contributed by atoms with van der Waals surface area (Å²) in [7, 11) is 0. The number of aliphatic hydroxyl groups excluding tert-OH is 1. The van der Waals surface area contributed by atoms with Crippen LogP contribution in [0.15, 0.2) is 91.0 Å². The summed E-state index contributed by atoms with van der Waals surface area (Å²) in [6, 6.07) is 21.2. The zero-order valence-electron chi connectivity index (χ0n) is 24.2. The van der Waals surface area contributed by atoms with Gasteiger partial charge in [-0.05, 0) is 66.9 Å². The van der Waals surface area contributed by atoms with Gasteiger partial charge in [0.2, 0.25) is 0 Å². The summed E-state index contributed by atoms with van der Waals surface area (Å²) in [6.07, 6.45) is 2.34. The van der Waals surface area contributed by atoms with E-state index >= 15 is 0 Å². The molecule has 1 amide bonds. The lowest BCUT2D eigenvalue weighted by atomic mass is 9.94. The standard InChI is InChI=1S/C34H36N2O6.ClH/c1-3-19-41-29-14-13-26(22-24(29)2)32(37)30-31(25-9-7-12-28(23-25)42-27-10-5-4-6-11-27)36(34(39)33(30)38)16-8-15-35-17-20-40-21-18-35;/h3-7,9-14,22-23,31,37H,1,8,15-21H2,2H3;1H. The Morgan fingerprint density at radius 1 is 1.00 bits per heavy atom. The molecule has 1 N–H and O–H groups in total. The van der Waals surface area contributed by atoms with Gasteiger partial charge in [0.1, 0.15) is 29.6 Å². The van der Waals surface area contributed by atoms with Crippen molar-refractivity contribution in [3.63, 3.8) is 0 Å². The molecule has 2 saturated heterocycles. The number of nitrogens with zero attached hydrogens (tertiary/aromatic N) is 2. The SMILES string of the molecule is C=CCOc1ccc(C(O)=C2C(=O)C(=O)N(CCCN3CCOCC3)C2c2cccc(Oc3ccccc3)c2)cc1C.Cl. The van der Waals surface area contributed by atoms with Gasteiger partial charge in [0.25, 0.3) is 11.7 Å². The Bertz CT molecular complexity index is 1470. The molecular weight excluding hydrogens is 568 g/mol. The average Bonchev–Trinajstić information content (AvgIpc) is 3.26. The molecular formula is C34H37ClN2O6. The second-order valence-corrected chi connectivity index (χ2v) is 10.4. The van der Waals surface area contributed by atoms with Crippen LogP contribution < -0.4 is 9.47 Å². The Labute approximate surface area is 258 Å². The fourth-order valence-corrected chi connectivity index (χ4v) is 5.38. The molecule has 0 radical (unpaired) electrons. The summed E-state index contributed by atoms with van der Waals surface area (Å²) in [5.74, 6) is 0.336. The van der Waals surface area contributed by atoms with E-state index in [0.717, 1.165) is 25.2 Å². The number of aliphatic hydroxyl groups is 1. The summed E-state index contributed by atoms with van der Waals surface area (Å²) >= 11 is 0. The van der Waals surface area contributed by atoms with E-state index in [0.29, 0.717) is 61.2 Å². The molecule has 0 saturated carbocycles. The second kappa shape index (κ2) is 14.9. The van der Waals surface area contributed by atoms with Gasteiger partial charge in [-0.15, -0.1) is 12.4 Å². The molecule has 2 aliphatic heterocycles. The Hall–Kier alpha value is -4.11. The smallest absolute Gasteiger partial charge is 0.295 e. The van der Waals surface area contributed by atoms with Crippen LogP contribution in [-0.4, -0.2) is 72.6 Å². The van der Waals surface area contributed by atoms with Crippen molar-refractivity contribution in [1.82, 2.24) is 9.80 Å². The molecule has 9 heteroatoms. The first-order valence-corrected chi connectivity index (χ1v) is 14.2. The van der Waals surface area contributed by atoms with E-state index in [1.807, 2.05) is 61.5 Å².